The van der Waals surface area contributed by atoms with Crippen molar-refractivity contribution in [1.29, 1.82) is 0 Å². The number of methoxy groups -OCH3 is 1. The van der Waals surface area contributed by atoms with E-state index in [0.717, 1.165) is 11.3 Å². The highest BCUT2D eigenvalue weighted by atomic mass is 16.7. The van der Waals surface area contributed by atoms with E-state index in [1.807, 2.05) is 25.1 Å². The maximum absolute atomic E-state index is 6.04. The van der Waals surface area contributed by atoms with Crippen LogP contribution >= 0.6 is 0 Å². The summed E-state index contributed by atoms with van der Waals surface area (Å²) in [6, 6.07) is 31.7. The van der Waals surface area contributed by atoms with Crippen molar-refractivity contribution in [2.45, 2.75) is 18.8 Å². The van der Waals surface area contributed by atoms with Gasteiger partial charge in [0.05, 0.1) is 7.11 Å². The first kappa shape index (κ1) is 18.1. The quantitative estimate of drug-likeness (QED) is 0.519. The standard InChI is InChI=1S/C26H24O2/c1-19-18-23(20-12-6-3-7-13-20)25(26(27-2)28-19)24(21-14-8-4-9-15-21)22-16-10-5-11-17-22/h3-18,23-24H,1-2H3. The van der Waals surface area contributed by atoms with Crippen LogP contribution in [-0.4, -0.2) is 7.11 Å². The largest absolute Gasteiger partial charge is 0.468 e. The Bertz CT molecular complexity index is 933. The van der Waals surface area contributed by atoms with E-state index in [1.54, 1.807) is 7.11 Å². The predicted octanol–water partition coefficient (Wildman–Crippen LogP) is 6.39. The second-order valence-electron chi connectivity index (χ2n) is 6.97. The third-order valence-corrected chi connectivity index (χ3v) is 5.15. The van der Waals surface area contributed by atoms with Crippen LogP contribution in [0.3, 0.4) is 0 Å². The summed E-state index contributed by atoms with van der Waals surface area (Å²) < 4.78 is 11.8. The zero-order chi connectivity index (χ0) is 19.3. The van der Waals surface area contributed by atoms with Gasteiger partial charge in [-0.3, -0.25) is 0 Å². The van der Waals surface area contributed by atoms with Crippen LogP contribution in [0.5, 0.6) is 0 Å². The average Bonchev–Trinajstić information content (AvgIpc) is 2.76. The summed E-state index contributed by atoms with van der Waals surface area (Å²) in [7, 11) is 1.68. The van der Waals surface area contributed by atoms with Gasteiger partial charge >= 0.3 is 0 Å². The molecule has 0 radical (unpaired) electrons. The van der Waals surface area contributed by atoms with Crippen molar-refractivity contribution in [2.24, 2.45) is 0 Å². The zero-order valence-corrected chi connectivity index (χ0v) is 16.2. The Kier molecular flexibility index (Phi) is 5.29. The molecular weight excluding hydrogens is 344 g/mol. The molecule has 2 heteroatoms. The fourth-order valence-corrected chi connectivity index (χ4v) is 3.93. The fourth-order valence-electron chi connectivity index (χ4n) is 3.93. The minimum absolute atomic E-state index is 0.0342. The van der Waals surface area contributed by atoms with Gasteiger partial charge < -0.3 is 9.47 Å². The maximum Gasteiger partial charge on any atom is 0.285 e. The normalized spacial score (nSPS) is 16.5. The minimum Gasteiger partial charge on any atom is -0.468 e. The summed E-state index contributed by atoms with van der Waals surface area (Å²) in [6.07, 6.45) is 2.19. The monoisotopic (exact) mass is 368 g/mol. The molecule has 1 atom stereocenters. The summed E-state index contributed by atoms with van der Waals surface area (Å²) in [5.41, 5.74) is 4.79. The molecule has 0 bridgehead atoms. The molecule has 28 heavy (non-hydrogen) atoms. The molecule has 0 aliphatic carbocycles. The highest BCUT2D eigenvalue weighted by Gasteiger charge is 2.33. The molecule has 0 aromatic heterocycles. The van der Waals surface area contributed by atoms with E-state index in [4.69, 9.17) is 9.47 Å². The van der Waals surface area contributed by atoms with Gasteiger partial charge in [-0.25, -0.2) is 0 Å². The lowest BCUT2D eigenvalue weighted by Crippen LogP contribution is -2.19. The number of rotatable bonds is 5. The van der Waals surface area contributed by atoms with Gasteiger partial charge in [-0.2, -0.15) is 0 Å². The van der Waals surface area contributed by atoms with Crippen molar-refractivity contribution in [3.63, 3.8) is 0 Å². The highest BCUT2D eigenvalue weighted by molar-refractivity contribution is 5.49. The molecule has 1 unspecified atom stereocenters. The van der Waals surface area contributed by atoms with Gasteiger partial charge in [0.2, 0.25) is 0 Å². The molecule has 140 valence electrons. The number of allylic oxidation sites excluding steroid dienone is 3. The van der Waals surface area contributed by atoms with E-state index in [0.29, 0.717) is 5.95 Å². The van der Waals surface area contributed by atoms with Crippen molar-refractivity contribution in [1.82, 2.24) is 0 Å². The smallest absolute Gasteiger partial charge is 0.285 e. The molecule has 0 spiro atoms. The SMILES string of the molecule is COC1=C(C(c2ccccc2)c2ccccc2)C(c2ccccc2)C=C(C)O1. The van der Waals surface area contributed by atoms with Gasteiger partial charge in [-0.1, -0.05) is 91.0 Å². The Balaban J connectivity index is 1.93. The highest BCUT2D eigenvalue weighted by Crippen LogP contribution is 2.45. The Hall–Kier alpha value is -3.26. The second kappa shape index (κ2) is 8.18. The summed E-state index contributed by atoms with van der Waals surface area (Å²) in [6.45, 7) is 1.98. The Labute approximate surface area is 166 Å². The first-order valence-electron chi connectivity index (χ1n) is 9.57. The van der Waals surface area contributed by atoms with Crippen LogP contribution in [-0.2, 0) is 9.47 Å². The number of hydrogen-bond acceptors (Lipinski definition) is 2. The molecule has 3 aromatic carbocycles. The second-order valence-corrected chi connectivity index (χ2v) is 6.97. The van der Waals surface area contributed by atoms with Crippen LogP contribution < -0.4 is 0 Å². The van der Waals surface area contributed by atoms with Crippen molar-refractivity contribution >= 4 is 0 Å². The number of hydrogen-bond donors (Lipinski definition) is 0. The lowest BCUT2D eigenvalue weighted by atomic mass is 9.76. The molecular formula is C26H24O2. The van der Waals surface area contributed by atoms with Gasteiger partial charge in [-0.05, 0) is 29.7 Å². The van der Waals surface area contributed by atoms with Gasteiger partial charge in [0.15, 0.2) is 0 Å². The molecule has 0 N–H and O–H groups in total. The topological polar surface area (TPSA) is 18.5 Å². The lowest BCUT2D eigenvalue weighted by molar-refractivity contribution is 0.0910. The summed E-state index contributed by atoms with van der Waals surface area (Å²) in [5.74, 6) is 1.56. The zero-order valence-electron chi connectivity index (χ0n) is 16.2. The lowest BCUT2D eigenvalue weighted by Gasteiger charge is -2.32. The minimum atomic E-state index is 0.0342. The Morgan fingerprint density at radius 1 is 0.750 bits per heavy atom. The van der Waals surface area contributed by atoms with Crippen molar-refractivity contribution in [2.75, 3.05) is 7.11 Å². The summed E-state index contributed by atoms with van der Waals surface area (Å²) >= 11 is 0. The fraction of sp³-hybridized carbons (Fsp3) is 0.154. The molecule has 4 rings (SSSR count). The van der Waals surface area contributed by atoms with Crippen LogP contribution in [0.25, 0.3) is 0 Å². The summed E-state index contributed by atoms with van der Waals surface area (Å²) in [5, 5.41) is 0. The van der Waals surface area contributed by atoms with E-state index >= 15 is 0 Å². The first-order valence-corrected chi connectivity index (χ1v) is 9.57. The van der Waals surface area contributed by atoms with E-state index in [1.165, 1.54) is 16.7 Å². The molecule has 0 saturated carbocycles. The van der Waals surface area contributed by atoms with Gasteiger partial charge in [0, 0.05) is 17.4 Å². The molecule has 3 aromatic rings. The Morgan fingerprint density at radius 3 is 1.75 bits per heavy atom. The predicted molar refractivity (Wildman–Crippen MR) is 113 cm³/mol. The third kappa shape index (κ3) is 3.59. The maximum atomic E-state index is 6.04. The van der Waals surface area contributed by atoms with E-state index in [2.05, 4.69) is 78.9 Å². The van der Waals surface area contributed by atoms with E-state index in [-0.39, 0.29) is 11.8 Å². The van der Waals surface area contributed by atoms with Gasteiger partial charge in [0.25, 0.3) is 5.95 Å². The van der Waals surface area contributed by atoms with Crippen LogP contribution in [0.1, 0.15) is 35.4 Å². The first-order chi connectivity index (χ1) is 13.8. The molecule has 0 saturated heterocycles. The average molecular weight is 368 g/mol. The number of benzene rings is 3. The molecule has 1 aliphatic heterocycles. The van der Waals surface area contributed by atoms with Crippen LogP contribution in [0, 0.1) is 0 Å². The van der Waals surface area contributed by atoms with Crippen LogP contribution in [0.2, 0.25) is 0 Å². The van der Waals surface area contributed by atoms with Gasteiger partial charge in [0.1, 0.15) is 5.76 Å². The van der Waals surface area contributed by atoms with Crippen LogP contribution in [0.4, 0.5) is 0 Å². The van der Waals surface area contributed by atoms with E-state index in [9.17, 15) is 0 Å². The molecule has 0 fully saturated rings. The third-order valence-electron chi connectivity index (χ3n) is 5.15. The van der Waals surface area contributed by atoms with Crippen molar-refractivity contribution in [3.05, 3.63) is 131 Å². The Morgan fingerprint density at radius 2 is 1.25 bits per heavy atom. The van der Waals surface area contributed by atoms with Crippen LogP contribution in [0.15, 0.2) is 114 Å². The van der Waals surface area contributed by atoms with Crippen molar-refractivity contribution < 1.29 is 9.47 Å². The number of ether oxygens (including phenoxy) is 2. The summed E-state index contributed by atoms with van der Waals surface area (Å²) in [4.78, 5) is 0. The van der Waals surface area contributed by atoms with Crippen molar-refractivity contribution in [3.8, 4) is 0 Å². The molecule has 1 aliphatic rings. The molecule has 2 nitrogen and oxygen atoms in total. The molecule has 0 amide bonds. The van der Waals surface area contributed by atoms with Gasteiger partial charge in [-0.15, -0.1) is 0 Å². The van der Waals surface area contributed by atoms with E-state index < -0.39 is 0 Å². The molecule has 1 heterocycles.